The summed E-state index contributed by atoms with van der Waals surface area (Å²) in [5, 5.41) is 4.93. The quantitative estimate of drug-likeness (QED) is 0.383. The first kappa shape index (κ1) is 23.3. The number of hydrogen-bond acceptors (Lipinski definition) is 3. The number of amides is 2. The van der Waals surface area contributed by atoms with Crippen LogP contribution >= 0.6 is 11.6 Å². The van der Waals surface area contributed by atoms with Crippen molar-refractivity contribution in [1.29, 1.82) is 0 Å². The van der Waals surface area contributed by atoms with Gasteiger partial charge in [0.15, 0.2) is 0 Å². The van der Waals surface area contributed by atoms with Gasteiger partial charge in [0, 0.05) is 28.7 Å². The smallest absolute Gasteiger partial charge is 0.341 e. The first-order valence-electron chi connectivity index (χ1n) is 10.2. The number of nitrogens with one attached hydrogen (secondary N) is 2. The SMILES string of the molecule is O=C(C[C@H](NC(=O)C(F)(F)F)c1ccc(Cl)cc1)Nc1cccc(-c2cn3ccccc3n2)c1. The molecule has 2 heterocycles. The highest BCUT2D eigenvalue weighted by molar-refractivity contribution is 6.30. The normalized spacial score (nSPS) is 12.4. The maximum atomic E-state index is 12.8. The Balaban J connectivity index is 1.51. The molecule has 0 aliphatic carbocycles. The van der Waals surface area contributed by atoms with Crippen LogP contribution in [0.25, 0.3) is 16.9 Å². The van der Waals surface area contributed by atoms with E-state index in [1.54, 1.807) is 18.2 Å². The molecule has 4 aromatic rings. The van der Waals surface area contributed by atoms with Gasteiger partial charge in [-0.15, -0.1) is 0 Å². The van der Waals surface area contributed by atoms with Crippen molar-refractivity contribution in [3.05, 3.63) is 89.7 Å². The van der Waals surface area contributed by atoms with Crippen LogP contribution in [0.4, 0.5) is 18.9 Å². The summed E-state index contributed by atoms with van der Waals surface area (Å²) in [5.41, 5.74) is 2.96. The minimum Gasteiger partial charge on any atom is -0.341 e. The van der Waals surface area contributed by atoms with Crippen molar-refractivity contribution in [3.63, 3.8) is 0 Å². The summed E-state index contributed by atoms with van der Waals surface area (Å²) < 4.78 is 40.3. The molecule has 10 heteroatoms. The number of carbonyl (C=O) groups excluding carboxylic acids is 2. The highest BCUT2D eigenvalue weighted by Crippen LogP contribution is 2.25. The molecule has 0 radical (unpaired) electrons. The van der Waals surface area contributed by atoms with Gasteiger partial charge in [-0.3, -0.25) is 9.59 Å². The third kappa shape index (κ3) is 5.55. The van der Waals surface area contributed by atoms with Crippen molar-refractivity contribution >= 4 is 34.7 Å². The summed E-state index contributed by atoms with van der Waals surface area (Å²) >= 11 is 5.85. The number of fused-ring (bicyclic) bond motifs is 1. The van der Waals surface area contributed by atoms with E-state index in [4.69, 9.17) is 11.6 Å². The van der Waals surface area contributed by atoms with Gasteiger partial charge in [0.25, 0.3) is 0 Å². The molecule has 2 amide bonds. The molecule has 0 bridgehead atoms. The molecule has 2 aromatic carbocycles. The second-order valence-electron chi connectivity index (χ2n) is 7.50. The number of carbonyl (C=O) groups is 2. The molecule has 2 aromatic heterocycles. The zero-order valence-electron chi connectivity index (χ0n) is 17.5. The Kier molecular flexibility index (Phi) is 6.56. The fourth-order valence-electron chi connectivity index (χ4n) is 3.41. The number of hydrogen-bond donors (Lipinski definition) is 2. The molecule has 174 valence electrons. The number of rotatable bonds is 6. The molecular formula is C24H18ClF3N4O2. The molecule has 0 saturated heterocycles. The summed E-state index contributed by atoms with van der Waals surface area (Å²) in [4.78, 5) is 28.8. The number of pyridine rings is 1. The molecular weight excluding hydrogens is 469 g/mol. The zero-order valence-corrected chi connectivity index (χ0v) is 18.3. The maximum Gasteiger partial charge on any atom is 0.471 e. The van der Waals surface area contributed by atoms with Crippen LogP contribution in [0.15, 0.2) is 79.1 Å². The molecule has 2 N–H and O–H groups in total. The van der Waals surface area contributed by atoms with Crippen molar-refractivity contribution in [2.75, 3.05) is 5.32 Å². The third-order valence-electron chi connectivity index (χ3n) is 5.03. The molecule has 0 spiro atoms. The van der Waals surface area contributed by atoms with Gasteiger partial charge in [-0.1, -0.05) is 41.9 Å². The average molecular weight is 487 g/mol. The van der Waals surface area contributed by atoms with Crippen LogP contribution in [0.1, 0.15) is 18.0 Å². The summed E-state index contributed by atoms with van der Waals surface area (Å²) in [6, 6.07) is 17.2. The van der Waals surface area contributed by atoms with Crippen molar-refractivity contribution in [1.82, 2.24) is 14.7 Å². The van der Waals surface area contributed by atoms with E-state index in [0.717, 1.165) is 11.2 Å². The molecule has 1 atom stereocenters. The van der Waals surface area contributed by atoms with E-state index in [9.17, 15) is 22.8 Å². The van der Waals surface area contributed by atoms with Gasteiger partial charge in [-0.2, -0.15) is 13.2 Å². The molecule has 34 heavy (non-hydrogen) atoms. The lowest BCUT2D eigenvalue weighted by Crippen LogP contribution is -2.40. The predicted molar refractivity (Wildman–Crippen MR) is 122 cm³/mol. The zero-order chi connectivity index (χ0) is 24.3. The molecule has 4 rings (SSSR count). The Hall–Kier alpha value is -3.85. The van der Waals surface area contributed by atoms with Crippen molar-refractivity contribution < 1.29 is 22.8 Å². The standard InChI is InChI=1S/C24H18ClF3N4O2/c25-17-9-7-15(8-10-17)19(31-23(34)24(26,27)28)13-22(33)29-18-5-3-4-16(12-18)20-14-32-11-2-1-6-21(32)30-20/h1-12,14,19H,13H2,(H,29,33)(H,31,34)/t19-/m0/s1. The second kappa shape index (κ2) is 9.56. The van der Waals surface area contributed by atoms with E-state index in [0.29, 0.717) is 22.0 Å². The molecule has 0 aliphatic heterocycles. The van der Waals surface area contributed by atoms with E-state index in [2.05, 4.69) is 10.3 Å². The molecule has 0 fully saturated rings. The van der Waals surface area contributed by atoms with Crippen LogP contribution in [0.5, 0.6) is 0 Å². The lowest BCUT2D eigenvalue weighted by molar-refractivity contribution is -0.174. The molecule has 0 unspecified atom stereocenters. The van der Waals surface area contributed by atoms with Gasteiger partial charge in [0.2, 0.25) is 5.91 Å². The van der Waals surface area contributed by atoms with E-state index >= 15 is 0 Å². The first-order valence-corrected chi connectivity index (χ1v) is 10.5. The largest absolute Gasteiger partial charge is 0.471 e. The van der Waals surface area contributed by atoms with Gasteiger partial charge in [-0.25, -0.2) is 4.98 Å². The number of nitrogens with zero attached hydrogens (tertiary/aromatic N) is 2. The number of benzene rings is 2. The topological polar surface area (TPSA) is 75.5 Å². The number of aromatic nitrogens is 2. The van der Waals surface area contributed by atoms with Crippen LogP contribution in [-0.4, -0.2) is 27.4 Å². The fraction of sp³-hybridized carbons (Fsp3) is 0.125. The Morgan fingerprint density at radius 1 is 1.03 bits per heavy atom. The fourth-order valence-corrected chi connectivity index (χ4v) is 3.54. The lowest BCUT2D eigenvalue weighted by Gasteiger charge is -2.20. The first-order chi connectivity index (χ1) is 16.2. The van der Waals surface area contributed by atoms with E-state index < -0.39 is 30.5 Å². The predicted octanol–water partition coefficient (Wildman–Crippen LogP) is 5.40. The van der Waals surface area contributed by atoms with Crippen molar-refractivity contribution in [2.24, 2.45) is 0 Å². The van der Waals surface area contributed by atoms with Crippen molar-refractivity contribution in [3.8, 4) is 11.3 Å². The molecule has 0 saturated carbocycles. The number of anilines is 1. The Morgan fingerprint density at radius 2 is 1.79 bits per heavy atom. The van der Waals surface area contributed by atoms with Crippen molar-refractivity contribution in [2.45, 2.75) is 18.6 Å². The minimum atomic E-state index is -5.08. The van der Waals surface area contributed by atoms with Gasteiger partial charge < -0.3 is 15.0 Å². The Morgan fingerprint density at radius 3 is 2.50 bits per heavy atom. The van der Waals surface area contributed by atoms with Gasteiger partial charge in [-0.05, 0) is 42.0 Å². The maximum absolute atomic E-state index is 12.8. The van der Waals surface area contributed by atoms with Gasteiger partial charge in [0.05, 0.1) is 18.2 Å². The monoisotopic (exact) mass is 486 g/mol. The summed E-state index contributed by atoms with van der Waals surface area (Å²) in [7, 11) is 0. The third-order valence-corrected chi connectivity index (χ3v) is 5.28. The summed E-state index contributed by atoms with van der Waals surface area (Å²) in [6.07, 6.45) is -1.78. The van der Waals surface area contributed by atoms with Crippen LogP contribution in [0, 0.1) is 0 Å². The van der Waals surface area contributed by atoms with E-state index in [1.165, 1.54) is 24.3 Å². The number of halogens is 4. The molecule has 6 nitrogen and oxygen atoms in total. The van der Waals surface area contributed by atoms with Crippen LogP contribution in [-0.2, 0) is 9.59 Å². The van der Waals surface area contributed by atoms with Gasteiger partial charge in [0.1, 0.15) is 5.65 Å². The van der Waals surface area contributed by atoms with Crippen LogP contribution < -0.4 is 10.6 Å². The average Bonchev–Trinajstić information content (AvgIpc) is 3.23. The van der Waals surface area contributed by atoms with E-state index in [1.807, 2.05) is 46.4 Å². The second-order valence-corrected chi connectivity index (χ2v) is 7.94. The van der Waals surface area contributed by atoms with Crippen LogP contribution in [0.3, 0.4) is 0 Å². The number of imidazole rings is 1. The lowest BCUT2D eigenvalue weighted by atomic mass is 10.0. The minimum absolute atomic E-state index is 0.315. The van der Waals surface area contributed by atoms with Gasteiger partial charge >= 0.3 is 12.1 Å². The van der Waals surface area contributed by atoms with E-state index in [-0.39, 0.29) is 0 Å². The Bertz CT molecular complexity index is 1300. The number of alkyl halides is 3. The highest BCUT2D eigenvalue weighted by atomic mass is 35.5. The highest BCUT2D eigenvalue weighted by Gasteiger charge is 2.40. The van der Waals surface area contributed by atoms with Crippen LogP contribution in [0.2, 0.25) is 5.02 Å². The summed E-state index contributed by atoms with van der Waals surface area (Å²) in [6.45, 7) is 0. The summed E-state index contributed by atoms with van der Waals surface area (Å²) in [5.74, 6) is -2.70. The molecule has 0 aliphatic rings. The Labute approximate surface area is 197 Å².